The molecule has 0 aromatic heterocycles. The van der Waals surface area contributed by atoms with Crippen LogP contribution in [0.25, 0.3) is 0 Å². The smallest absolute Gasteiger partial charge is 0.0621 e. The van der Waals surface area contributed by atoms with E-state index in [9.17, 15) is 0 Å². The molecule has 3 nitrogen and oxygen atoms in total. The summed E-state index contributed by atoms with van der Waals surface area (Å²) in [7, 11) is 2.27. The monoisotopic (exact) mass is 361 g/mol. The Balaban J connectivity index is 3.15. The van der Waals surface area contributed by atoms with Gasteiger partial charge >= 0.3 is 0 Å². The van der Waals surface area contributed by atoms with Crippen LogP contribution in [-0.2, 0) is 0 Å². The second-order valence-electron chi connectivity index (χ2n) is 7.78. The van der Waals surface area contributed by atoms with Crippen LogP contribution in [-0.4, -0.2) is 25.0 Å². The van der Waals surface area contributed by atoms with Gasteiger partial charge in [0.2, 0.25) is 0 Å². The van der Waals surface area contributed by atoms with Crippen LogP contribution >= 0.6 is 0 Å². The highest BCUT2D eigenvalue weighted by molar-refractivity contribution is 4.68. The Hall–Kier alpha value is -1.06. The number of unbranched alkanes of at least 4 members (excludes halogenated alkanes) is 16. The molecule has 3 heteroatoms. The molecule has 0 aliphatic carbocycles. The van der Waals surface area contributed by atoms with Crippen molar-refractivity contribution in [3.05, 3.63) is 0 Å². The topological polar surface area (TPSA) is 50.8 Å². The van der Waals surface area contributed by atoms with E-state index in [1.807, 2.05) is 0 Å². The van der Waals surface area contributed by atoms with Gasteiger partial charge in [0.15, 0.2) is 0 Å². The second kappa shape index (κ2) is 22.0. The number of hydrogen-bond donors (Lipinski definition) is 0. The normalized spacial score (nSPS) is 10.8. The van der Waals surface area contributed by atoms with Crippen LogP contribution in [0, 0.1) is 22.7 Å². The van der Waals surface area contributed by atoms with Crippen LogP contribution in [0.5, 0.6) is 0 Å². The fourth-order valence-corrected chi connectivity index (χ4v) is 3.40. The average Bonchev–Trinajstić information content (AvgIpc) is 2.64. The predicted molar refractivity (Wildman–Crippen MR) is 112 cm³/mol. The molecule has 0 fully saturated rings. The van der Waals surface area contributed by atoms with E-state index in [2.05, 4.69) is 24.1 Å². The molecular weight excluding hydrogens is 318 g/mol. The van der Waals surface area contributed by atoms with Gasteiger partial charge in [-0.1, -0.05) is 77.0 Å². The highest BCUT2D eigenvalue weighted by atomic mass is 15.1. The molecule has 0 rings (SSSR count). The molecule has 0 bridgehead atoms. The third-order valence-electron chi connectivity index (χ3n) is 5.16. The van der Waals surface area contributed by atoms with Crippen LogP contribution in [0.3, 0.4) is 0 Å². The maximum Gasteiger partial charge on any atom is 0.0621 e. The Kier molecular flexibility index (Phi) is 21.1. The van der Waals surface area contributed by atoms with Gasteiger partial charge in [-0.15, -0.1) is 0 Å². The predicted octanol–water partition coefficient (Wildman–Crippen LogP) is 6.99. The first-order chi connectivity index (χ1) is 12.8. The van der Waals surface area contributed by atoms with Gasteiger partial charge in [-0.3, -0.25) is 0 Å². The molecule has 0 amide bonds. The van der Waals surface area contributed by atoms with Crippen molar-refractivity contribution in [2.45, 2.75) is 116 Å². The van der Waals surface area contributed by atoms with E-state index in [4.69, 9.17) is 10.5 Å². The van der Waals surface area contributed by atoms with Crippen LogP contribution < -0.4 is 0 Å². The molecule has 0 N–H and O–H groups in total. The van der Waals surface area contributed by atoms with Gasteiger partial charge in [0.05, 0.1) is 12.1 Å². The summed E-state index contributed by atoms with van der Waals surface area (Å²) in [6.07, 6.45) is 22.3. The Bertz CT molecular complexity index is 319. The van der Waals surface area contributed by atoms with Gasteiger partial charge in [0, 0.05) is 12.8 Å². The lowest BCUT2D eigenvalue weighted by molar-refractivity contribution is 0.314. The van der Waals surface area contributed by atoms with Crippen molar-refractivity contribution >= 4 is 0 Å². The van der Waals surface area contributed by atoms with E-state index in [0.29, 0.717) is 0 Å². The SMILES string of the molecule is CN(CCCCCCCCCCC#N)CCCCCCCCCCC#N. The van der Waals surface area contributed by atoms with Crippen molar-refractivity contribution in [3.8, 4) is 12.1 Å². The first kappa shape index (κ1) is 24.9. The minimum atomic E-state index is 0.732. The molecule has 0 aliphatic heterocycles. The zero-order valence-electron chi connectivity index (χ0n) is 17.5. The van der Waals surface area contributed by atoms with Gasteiger partial charge in [0.1, 0.15) is 0 Å². The largest absolute Gasteiger partial charge is 0.306 e. The molecule has 0 saturated heterocycles. The van der Waals surface area contributed by atoms with E-state index in [-0.39, 0.29) is 0 Å². The first-order valence-electron chi connectivity index (χ1n) is 11.2. The summed E-state index contributed by atoms with van der Waals surface area (Å²) in [6.45, 7) is 2.50. The lowest BCUT2D eigenvalue weighted by Crippen LogP contribution is -2.20. The highest BCUT2D eigenvalue weighted by Gasteiger charge is 1.99. The Morgan fingerprint density at radius 3 is 1.04 bits per heavy atom. The summed E-state index contributed by atoms with van der Waals surface area (Å²) < 4.78 is 0. The summed E-state index contributed by atoms with van der Waals surface area (Å²) >= 11 is 0. The number of hydrogen-bond acceptors (Lipinski definition) is 3. The average molecular weight is 362 g/mol. The summed E-state index contributed by atoms with van der Waals surface area (Å²) in [5.41, 5.74) is 0. The van der Waals surface area contributed by atoms with Gasteiger partial charge in [-0.2, -0.15) is 10.5 Å². The lowest BCUT2D eigenvalue weighted by Gasteiger charge is -2.16. The van der Waals surface area contributed by atoms with Crippen molar-refractivity contribution in [1.82, 2.24) is 4.90 Å². The Morgan fingerprint density at radius 2 is 0.731 bits per heavy atom. The third kappa shape index (κ3) is 21.0. The van der Waals surface area contributed by atoms with E-state index in [1.165, 1.54) is 103 Å². The lowest BCUT2D eigenvalue weighted by atomic mass is 10.1. The summed E-state index contributed by atoms with van der Waals surface area (Å²) in [6, 6.07) is 4.44. The molecular formula is C23H43N3. The molecule has 0 aromatic rings. The highest BCUT2D eigenvalue weighted by Crippen LogP contribution is 2.11. The number of nitriles is 2. The summed E-state index contributed by atoms with van der Waals surface area (Å²) in [4.78, 5) is 2.50. The molecule has 0 aromatic carbocycles. The van der Waals surface area contributed by atoms with E-state index in [1.54, 1.807) is 0 Å². The minimum absolute atomic E-state index is 0.732. The van der Waals surface area contributed by atoms with Crippen LogP contribution in [0.2, 0.25) is 0 Å². The molecule has 0 aliphatic rings. The van der Waals surface area contributed by atoms with Crippen molar-refractivity contribution in [1.29, 1.82) is 10.5 Å². The maximum atomic E-state index is 8.48. The fraction of sp³-hybridized carbons (Fsp3) is 0.913. The van der Waals surface area contributed by atoms with Gasteiger partial charge < -0.3 is 4.90 Å². The van der Waals surface area contributed by atoms with Gasteiger partial charge in [-0.05, 0) is 45.8 Å². The number of rotatable bonds is 20. The van der Waals surface area contributed by atoms with E-state index < -0.39 is 0 Å². The van der Waals surface area contributed by atoms with Gasteiger partial charge in [-0.25, -0.2) is 0 Å². The molecule has 0 atom stereocenters. The van der Waals surface area contributed by atoms with Crippen LogP contribution in [0.1, 0.15) is 116 Å². The van der Waals surface area contributed by atoms with E-state index >= 15 is 0 Å². The molecule has 0 heterocycles. The van der Waals surface area contributed by atoms with Crippen molar-refractivity contribution in [2.24, 2.45) is 0 Å². The Labute approximate surface area is 163 Å². The van der Waals surface area contributed by atoms with Gasteiger partial charge in [0.25, 0.3) is 0 Å². The summed E-state index contributed by atoms with van der Waals surface area (Å²) in [5.74, 6) is 0. The second-order valence-corrected chi connectivity index (χ2v) is 7.78. The Morgan fingerprint density at radius 1 is 0.462 bits per heavy atom. The molecule has 0 saturated carbocycles. The number of nitrogens with zero attached hydrogens (tertiary/aromatic N) is 3. The molecule has 150 valence electrons. The maximum absolute atomic E-state index is 8.48. The van der Waals surface area contributed by atoms with E-state index in [0.717, 1.165) is 25.7 Å². The summed E-state index contributed by atoms with van der Waals surface area (Å²) in [5, 5.41) is 17.0. The molecule has 26 heavy (non-hydrogen) atoms. The van der Waals surface area contributed by atoms with Crippen LogP contribution in [0.4, 0.5) is 0 Å². The zero-order valence-corrected chi connectivity index (χ0v) is 17.5. The molecule has 0 radical (unpaired) electrons. The van der Waals surface area contributed by atoms with Crippen molar-refractivity contribution < 1.29 is 0 Å². The minimum Gasteiger partial charge on any atom is -0.306 e. The zero-order chi connectivity index (χ0) is 19.1. The van der Waals surface area contributed by atoms with Crippen molar-refractivity contribution in [2.75, 3.05) is 20.1 Å². The molecule has 0 unspecified atom stereocenters. The first-order valence-corrected chi connectivity index (χ1v) is 11.2. The standard InChI is InChI=1S/C23H43N3/c1-26(22-18-14-10-6-2-4-8-12-16-20-24)23-19-15-11-7-3-5-9-13-17-21-25/h2-19,22-23H2,1H3. The van der Waals surface area contributed by atoms with Crippen LogP contribution in [0.15, 0.2) is 0 Å². The fourth-order valence-electron chi connectivity index (χ4n) is 3.40. The third-order valence-corrected chi connectivity index (χ3v) is 5.16. The molecule has 0 spiro atoms. The van der Waals surface area contributed by atoms with Crippen molar-refractivity contribution in [3.63, 3.8) is 0 Å². The quantitative estimate of drug-likeness (QED) is 0.220.